The summed E-state index contributed by atoms with van der Waals surface area (Å²) in [4.78, 5) is 30.6. The average molecular weight is 519 g/mol. The van der Waals surface area contributed by atoms with E-state index in [1.807, 2.05) is 0 Å². The number of aromatic nitrogens is 1. The van der Waals surface area contributed by atoms with Gasteiger partial charge in [-0.3, -0.25) is 4.79 Å². The number of hydrogen-bond donors (Lipinski definition) is 1. The summed E-state index contributed by atoms with van der Waals surface area (Å²) < 4.78 is 25.7. The molecular formula is C29H31FN4O4. The highest BCUT2D eigenvalue weighted by Crippen LogP contribution is 2.44. The Hall–Kier alpha value is -4.19. The lowest BCUT2D eigenvalue weighted by atomic mass is 9.87. The summed E-state index contributed by atoms with van der Waals surface area (Å²) in [7, 11) is 3.18. The third-order valence-corrected chi connectivity index (χ3v) is 6.36. The maximum atomic E-state index is 14.3. The molecule has 2 aromatic carbocycles. The van der Waals surface area contributed by atoms with E-state index < -0.39 is 23.4 Å². The lowest BCUT2D eigenvalue weighted by molar-refractivity contribution is 0.0522. The molecule has 4 rings (SSSR count). The smallest absolute Gasteiger partial charge is 0.407 e. The summed E-state index contributed by atoms with van der Waals surface area (Å²) in [5, 5.41) is 12.9. The van der Waals surface area contributed by atoms with E-state index in [0.717, 1.165) is 12.0 Å². The van der Waals surface area contributed by atoms with Crippen molar-refractivity contribution in [2.75, 3.05) is 20.6 Å². The number of amides is 2. The van der Waals surface area contributed by atoms with Crippen molar-refractivity contribution in [1.29, 1.82) is 5.26 Å². The van der Waals surface area contributed by atoms with Crippen LogP contribution >= 0.6 is 0 Å². The van der Waals surface area contributed by atoms with E-state index in [1.165, 1.54) is 17.0 Å². The molecule has 0 bridgehead atoms. The lowest BCUT2D eigenvalue weighted by Crippen LogP contribution is -2.34. The highest BCUT2D eigenvalue weighted by atomic mass is 19.1. The first-order valence-corrected chi connectivity index (χ1v) is 12.4. The molecule has 3 aromatic rings. The molecular weight excluding hydrogens is 487 g/mol. The maximum absolute atomic E-state index is 14.3. The van der Waals surface area contributed by atoms with Gasteiger partial charge in [-0.2, -0.15) is 5.26 Å². The van der Waals surface area contributed by atoms with E-state index >= 15 is 0 Å². The van der Waals surface area contributed by atoms with Crippen LogP contribution in [0.2, 0.25) is 0 Å². The number of ether oxygens (including phenoxy) is 1. The molecule has 9 heteroatoms. The second kappa shape index (κ2) is 10.3. The molecule has 1 aromatic heterocycles. The fraction of sp³-hybridized carbons (Fsp3) is 0.379. The van der Waals surface area contributed by atoms with Crippen molar-refractivity contribution in [3.63, 3.8) is 0 Å². The van der Waals surface area contributed by atoms with Gasteiger partial charge in [0, 0.05) is 26.2 Å². The summed E-state index contributed by atoms with van der Waals surface area (Å²) >= 11 is 0. The quantitative estimate of drug-likeness (QED) is 0.455. The molecule has 8 nitrogen and oxygen atoms in total. The predicted octanol–water partition coefficient (Wildman–Crippen LogP) is 5.83. The molecule has 2 amide bonds. The first kappa shape index (κ1) is 26.9. The van der Waals surface area contributed by atoms with Crippen molar-refractivity contribution in [2.45, 2.75) is 46.1 Å². The SMILES string of the molecule is Cc1c(-c2cccc(F)c2)c(C2=CC(CNC(=O)OC(C)(C)C)CC2)c2oc(C(=O)N(C)C)nc2c1C#N. The molecule has 0 radical (unpaired) electrons. The first-order chi connectivity index (χ1) is 17.9. The fourth-order valence-electron chi connectivity index (χ4n) is 4.68. The molecule has 1 aliphatic rings. The number of fused-ring (bicyclic) bond motifs is 1. The van der Waals surface area contributed by atoms with Gasteiger partial charge >= 0.3 is 12.0 Å². The molecule has 0 spiro atoms. The van der Waals surface area contributed by atoms with E-state index in [-0.39, 0.29) is 17.4 Å². The van der Waals surface area contributed by atoms with Crippen LogP contribution in [-0.2, 0) is 4.74 Å². The van der Waals surface area contributed by atoms with Crippen LogP contribution in [0.3, 0.4) is 0 Å². The monoisotopic (exact) mass is 518 g/mol. The number of carbonyl (C=O) groups is 2. The van der Waals surface area contributed by atoms with Gasteiger partial charge in [0.05, 0.1) is 5.56 Å². The fourth-order valence-corrected chi connectivity index (χ4v) is 4.68. The average Bonchev–Trinajstić information content (AvgIpc) is 3.48. The predicted molar refractivity (Wildman–Crippen MR) is 142 cm³/mol. The number of alkyl carbamates (subject to hydrolysis) is 1. The van der Waals surface area contributed by atoms with Gasteiger partial charge in [-0.15, -0.1) is 0 Å². The second-order valence-electron chi connectivity index (χ2n) is 10.6. The van der Waals surface area contributed by atoms with Gasteiger partial charge in [0.1, 0.15) is 23.0 Å². The first-order valence-electron chi connectivity index (χ1n) is 12.4. The van der Waals surface area contributed by atoms with Gasteiger partial charge in [0.25, 0.3) is 5.89 Å². The summed E-state index contributed by atoms with van der Waals surface area (Å²) in [5.41, 5.74) is 3.72. The molecule has 38 heavy (non-hydrogen) atoms. The molecule has 1 heterocycles. The summed E-state index contributed by atoms with van der Waals surface area (Å²) in [6.45, 7) is 7.59. The topological polar surface area (TPSA) is 108 Å². The number of hydrogen-bond acceptors (Lipinski definition) is 6. The summed E-state index contributed by atoms with van der Waals surface area (Å²) in [6.07, 6.45) is 2.97. The van der Waals surface area contributed by atoms with E-state index in [0.29, 0.717) is 46.3 Å². The zero-order valence-corrected chi connectivity index (χ0v) is 22.4. The molecule has 1 N–H and O–H groups in total. The molecule has 0 aliphatic heterocycles. The maximum Gasteiger partial charge on any atom is 0.407 e. The zero-order valence-electron chi connectivity index (χ0n) is 22.4. The Morgan fingerprint density at radius 3 is 2.66 bits per heavy atom. The van der Waals surface area contributed by atoms with Gasteiger partial charge in [-0.25, -0.2) is 14.2 Å². The minimum atomic E-state index is -0.597. The highest BCUT2D eigenvalue weighted by molar-refractivity contribution is 6.03. The van der Waals surface area contributed by atoms with Gasteiger partial charge in [0.15, 0.2) is 5.58 Å². The van der Waals surface area contributed by atoms with E-state index in [4.69, 9.17) is 9.15 Å². The van der Waals surface area contributed by atoms with Crippen LogP contribution in [0.4, 0.5) is 9.18 Å². The number of benzene rings is 2. The minimum Gasteiger partial charge on any atom is -0.444 e. The Labute approximate surface area is 221 Å². The number of oxazole rings is 1. The van der Waals surface area contributed by atoms with Gasteiger partial charge in [-0.1, -0.05) is 18.2 Å². The van der Waals surface area contributed by atoms with Crippen LogP contribution in [0, 0.1) is 30.0 Å². The van der Waals surface area contributed by atoms with E-state index in [1.54, 1.807) is 53.9 Å². The number of allylic oxidation sites excluding steroid dienone is 1. The van der Waals surface area contributed by atoms with Crippen molar-refractivity contribution in [3.05, 3.63) is 58.7 Å². The van der Waals surface area contributed by atoms with Crippen LogP contribution < -0.4 is 5.32 Å². The van der Waals surface area contributed by atoms with Crippen molar-refractivity contribution in [1.82, 2.24) is 15.2 Å². The molecule has 1 atom stereocenters. The van der Waals surface area contributed by atoms with Crippen molar-refractivity contribution >= 4 is 28.7 Å². The van der Waals surface area contributed by atoms with Crippen molar-refractivity contribution in [3.8, 4) is 17.2 Å². The normalized spacial score (nSPS) is 15.2. The van der Waals surface area contributed by atoms with Crippen LogP contribution in [0.1, 0.15) is 61.0 Å². The Morgan fingerprint density at radius 2 is 2.03 bits per heavy atom. The Bertz CT molecular complexity index is 1490. The third-order valence-electron chi connectivity index (χ3n) is 6.36. The van der Waals surface area contributed by atoms with E-state index in [2.05, 4.69) is 22.4 Å². The molecule has 0 saturated carbocycles. The third kappa shape index (κ3) is 5.40. The van der Waals surface area contributed by atoms with Gasteiger partial charge < -0.3 is 19.4 Å². The minimum absolute atomic E-state index is 0.0228. The number of halogens is 1. The molecule has 0 fully saturated rings. The lowest BCUT2D eigenvalue weighted by Gasteiger charge is -2.20. The van der Waals surface area contributed by atoms with Crippen LogP contribution in [0.25, 0.3) is 27.8 Å². The number of nitriles is 1. The Kier molecular flexibility index (Phi) is 7.27. The molecule has 1 aliphatic carbocycles. The van der Waals surface area contributed by atoms with Gasteiger partial charge in [-0.05, 0) is 80.9 Å². The van der Waals surface area contributed by atoms with E-state index in [9.17, 15) is 19.2 Å². The Morgan fingerprint density at radius 1 is 1.29 bits per heavy atom. The van der Waals surface area contributed by atoms with Gasteiger partial charge in [0.2, 0.25) is 0 Å². The second-order valence-corrected chi connectivity index (χ2v) is 10.6. The number of carbonyl (C=O) groups excluding carboxylic acids is 2. The number of nitrogens with one attached hydrogen (secondary N) is 1. The standard InChI is InChI=1S/C29H31FN4O4/c1-16-21(14-31)24-25(37-26(33-24)27(35)34(5)6)23(22(16)18-8-7-9-20(30)13-18)19-11-10-17(12-19)15-32-28(36)38-29(2,3)4/h7-9,12-13,17H,10-11,15H2,1-6H3,(H,32,36). The summed E-state index contributed by atoms with van der Waals surface area (Å²) in [6, 6.07) is 8.37. The summed E-state index contributed by atoms with van der Waals surface area (Å²) in [5.74, 6) is -0.942. The van der Waals surface area contributed by atoms with Crippen LogP contribution in [0.15, 0.2) is 34.8 Å². The van der Waals surface area contributed by atoms with Crippen LogP contribution in [0.5, 0.6) is 0 Å². The van der Waals surface area contributed by atoms with Crippen LogP contribution in [-0.4, -0.2) is 48.1 Å². The Balaban J connectivity index is 1.86. The van der Waals surface area contributed by atoms with Crippen molar-refractivity contribution < 1.29 is 23.1 Å². The largest absolute Gasteiger partial charge is 0.444 e. The molecule has 198 valence electrons. The number of rotatable bonds is 5. The molecule has 0 saturated heterocycles. The van der Waals surface area contributed by atoms with Crippen molar-refractivity contribution in [2.24, 2.45) is 5.92 Å². The zero-order chi connectivity index (χ0) is 27.8. The highest BCUT2D eigenvalue weighted by Gasteiger charge is 2.30. The number of nitrogens with zero attached hydrogens (tertiary/aromatic N) is 3. The molecule has 1 unspecified atom stereocenters.